The van der Waals surface area contributed by atoms with Gasteiger partial charge in [-0.2, -0.15) is 0 Å². The molecule has 0 bridgehead atoms. The Morgan fingerprint density at radius 3 is 0.978 bits per heavy atom. The number of hydrogen-bond acceptors (Lipinski definition) is 2. The molecule has 0 atom stereocenters. The van der Waals surface area contributed by atoms with E-state index in [0.29, 0.717) is 0 Å². The van der Waals surface area contributed by atoms with Gasteiger partial charge in [-0.15, -0.1) is 0 Å². The number of rotatable bonds is 4. The highest BCUT2D eigenvalue weighted by Crippen LogP contribution is 2.54. The molecule has 214 valence electrons. The second-order valence-electron chi connectivity index (χ2n) is 12.0. The zero-order chi connectivity index (χ0) is 30.2. The first-order chi connectivity index (χ1) is 22.8. The Hall–Kier alpha value is -6.12. The van der Waals surface area contributed by atoms with Gasteiger partial charge in [0.1, 0.15) is 22.3 Å². The molecule has 2 heteroatoms. The predicted octanol–water partition coefficient (Wildman–Crippen LogP) is 12.7. The molecule has 10 rings (SSSR count). The van der Waals surface area contributed by atoms with Crippen molar-refractivity contribution < 1.29 is 8.83 Å². The lowest BCUT2D eigenvalue weighted by molar-refractivity contribution is 0.647. The minimum atomic E-state index is 0.854. The Bertz CT molecular complexity index is 2460. The zero-order valence-corrected chi connectivity index (χ0v) is 24.8. The molecule has 2 aliphatic rings. The maximum Gasteiger partial charge on any atom is 0.143 e. The van der Waals surface area contributed by atoms with Crippen LogP contribution in [0, 0.1) is 0 Å². The van der Waals surface area contributed by atoms with E-state index in [2.05, 4.69) is 158 Å². The summed E-state index contributed by atoms with van der Waals surface area (Å²) in [5.41, 5.74) is 14.7. The van der Waals surface area contributed by atoms with Gasteiger partial charge in [-0.3, -0.25) is 0 Å². The van der Waals surface area contributed by atoms with Crippen LogP contribution in [-0.2, 0) is 0 Å². The molecule has 2 aliphatic heterocycles. The van der Waals surface area contributed by atoms with E-state index in [1.54, 1.807) is 0 Å². The van der Waals surface area contributed by atoms with Gasteiger partial charge in [-0.25, -0.2) is 0 Å². The molecule has 0 saturated carbocycles. The average Bonchev–Trinajstić information content (AvgIpc) is 3.14. The predicted molar refractivity (Wildman–Crippen MR) is 191 cm³/mol. The van der Waals surface area contributed by atoms with Gasteiger partial charge in [0.25, 0.3) is 0 Å². The molecule has 0 aliphatic carbocycles. The van der Waals surface area contributed by atoms with Crippen LogP contribution in [0.25, 0.3) is 99.5 Å². The monoisotopic (exact) mass is 586 g/mol. The lowest BCUT2D eigenvalue weighted by atomic mass is 9.83. The van der Waals surface area contributed by atoms with Gasteiger partial charge in [-0.05, 0) is 80.6 Å². The number of benzene rings is 8. The standard InChI is InChI=1S/C44H26O2/c1-5-13-27(14-6-1)33-25-35(29-17-9-3-10-18-29)43-39-31(33)21-23-37-41(39)42-38(45-43)24-22-32-34(28-15-7-2-8-16-28)26-36(44(46-37)40(32)42)30-19-11-4-12-20-30/h1-26H. The summed E-state index contributed by atoms with van der Waals surface area (Å²) >= 11 is 0. The average molecular weight is 587 g/mol. The molecular formula is C44H26O2. The molecule has 8 aromatic rings. The normalized spacial score (nSPS) is 11.9. The van der Waals surface area contributed by atoms with Crippen molar-refractivity contribution in [3.05, 3.63) is 158 Å². The van der Waals surface area contributed by atoms with Crippen molar-refractivity contribution in [3.8, 4) is 55.6 Å². The third kappa shape index (κ3) is 3.59. The molecule has 2 heterocycles. The van der Waals surface area contributed by atoms with Gasteiger partial charge in [0.05, 0.1) is 0 Å². The van der Waals surface area contributed by atoms with E-state index in [0.717, 1.165) is 77.3 Å². The molecule has 0 aromatic heterocycles. The highest BCUT2D eigenvalue weighted by atomic mass is 16.3. The SMILES string of the molecule is c1ccc(-c2cc(-c3ccccc3)c3oc4ccc5c(-c6ccccc6)cc(-c6ccccc6)c6oc7ccc2c3c7-c4c56)cc1. The molecular weight excluding hydrogens is 560 g/mol. The molecule has 0 spiro atoms. The highest BCUT2D eigenvalue weighted by molar-refractivity contribution is 6.29. The number of hydrogen-bond donors (Lipinski definition) is 0. The van der Waals surface area contributed by atoms with Crippen LogP contribution in [-0.4, -0.2) is 0 Å². The van der Waals surface area contributed by atoms with E-state index >= 15 is 0 Å². The van der Waals surface area contributed by atoms with E-state index in [1.165, 1.54) is 22.3 Å². The van der Waals surface area contributed by atoms with E-state index in [1.807, 2.05) is 0 Å². The second kappa shape index (κ2) is 9.69. The summed E-state index contributed by atoms with van der Waals surface area (Å²) in [6.45, 7) is 0. The van der Waals surface area contributed by atoms with Crippen LogP contribution in [0.1, 0.15) is 0 Å². The summed E-state index contributed by atoms with van der Waals surface area (Å²) in [4.78, 5) is 0. The second-order valence-corrected chi connectivity index (χ2v) is 12.0. The summed E-state index contributed by atoms with van der Waals surface area (Å²) in [6.07, 6.45) is 0. The van der Waals surface area contributed by atoms with Crippen molar-refractivity contribution in [2.45, 2.75) is 0 Å². The fourth-order valence-electron chi connectivity index (χ4n) is 7.41. The first-order valence-corrected chi connectivity index (χ1v) is 15.7. The molecule has 2 nitrogen and oxygen atoms in total. The maximum absolute atomic E-state index is 7.05. The van der Waals surface area contributed by atoms with Gasteiger partial charge in [0.2, 0.25) is 0 Å². The molecule has 0 unspecified atom stereocenters. The smallest absolute Gasteiger partial charge is 0.143 e. The molecule has 46 heavy (non-hydrogen) atoms. The lowest BCUT2D eigenvalue weighted by Crippen LogP contribution is -1.98. The van der Waals surface area contributed by atoms with Gasteiger partial charge >= 0.3 is 0 Å². The van der Waals surface area contributed by atoms with Crippen molar-refractivity contribution in [1.29, 1.82) is 0 Å². The first kappa shape index (κ1) is 25.2. The van der Waals surface area contributed by atoms with Crippen LogP contribution in [0.3, 0.4) is 0 Å². The zero-order valence-electron chi connectivity index (χ0n) is 24.8. The minimum absolute atomic E-state index is 0.854. The van der Waals surface area contributed by atoms with Crippen LogP contribution in [0.5, 0.6) is 0 Å². The van der Waals surface area contributed by atoms with Crippen LogP contribution in [0.4, 0.5) is 0 Å². The van der Waals surface area contributed by atoms with Crippen molar-refractivity contribution >= 4 is 43.9 Å². The summed E-state index contributed by atoms with van der Waals surface area (Å²) in [5, 5.41) is 4.48. The van der Waals surface area contributed by atoms with Crippen LogP contribution >= 0.6 is 0 Å². The van der Waals surface area contributed by atoms with E-state index < -0.39 is 0 Å². The summed E-state index contributed by atoms with van der Waals surface area (Å²) in [6, 6.07) is 55.7. The molecule has 0 amide bonds. The first-order valence-electron chi connectivity index (χ1n) is 15.7. The largest absolute Gasteiger partial charge is 0.455 e. The minimum Gasteiger partial charge on any atom is -0.455 e. The van der Waals surface area contributed by atoms with Crippen molar-refractivity contribution in [2.75, 3.05) is 0 Å². The third-order valence-corrected chi connectivity index (χ3v) is 9.45. The van der Waals surface area contributed by atoms with Crippen LogP contribution in [0.2, 0.25) is 0 Å². The molecule has 0 fully saturated rings. The Labute approximate surface area is 265 Å². The molecule has 0 radical (unpaired) electrons. The molecule has 8 aromatic carbocycles. The Balaban J connectivity index is 1.43. The molecule has 0 saturated heterocycles. The molecule has 0 N–H and O–H groups in total. The Morgan fingerprint density at radius 1 is 0.304 bits per heavy atom. The third-order valence-electron chi connectivity index (χ3n) is 9.45. The van der Waals surface area contributed by atoms with Crippen molar-refractivity contribution in [2.24, 2.45) is 0 Å². The van der Waals surface area contributed by atoms with Gasteiger partial charge in [0.15, 0.2) is 0 Å². The summed E-state index contributed by atoms with van der Waals surface area (Å²) in [7, 11) is 0. The van der Waals surface area contributed by atoms with E-state index in [-0.39, 0.29) is 0 Å². The maximum atomic E-state index is 7.05. The quantitative estimate of drug-likeness (QED) is 0.151. The lowest BCUT2D eigenvalue weighted by Gasteiger charge is -2.24. The van der Waals surface area contributed by atoms with E-state index in [4.69, 9.17) is 8.83 Å². The van der Waals surface area contributed by atoms with Crippen LogP contribution in [0.15, 0.2) is 167 Å². The highest BCUT2D eigenvalue weighted by Gasteiger charge is 2.29. The fraction of sp³-hybridized carbons (Fsp3) is 0. The van der Waals surface area contributed by atoms with Gasteiger partial charge in [0, 0.05) is 33.0 Å². The summed E-state index contributed by atoms with van der Waals surface area (Å²) in [5.74, 6) is 0. The fourth-order valence-corrected chi connectivity index (χ4v) is 7.41. The van der Waals surface area contributed by atoms with Gasteiger partial charge in [-0.1, -0.05) is 121 Å². The van der Waals surface area contributed by atoms with Crippen molar-refractivity contribution in [3.63, 3.8) is 0 Å². The Morgan fingerprint density at radius 2 is 0.630 bits per heavy atom. The summed E-state index contributed by atoms with van der Waals surface area (Å²) < 4.78 is 14.1. The Kier molecular flexibility index (Phi) is 5.31. The van der Waals surface area contributed by atoms with Crippen molar-refractivity contribution in [1.82, 2.24) is 0 Å². The van der Waals surface area contributed by atoms with E-state index in [9.17, 15) is 0 Å². The topological polar surface area (TPSA) is 26.3 Å². The van der Waals surface area contributed by atoms with Crippen LogP contribution < -0.4 is 0 Å². The van der Waals surface area contributed by atoms with Gasteiger partial charge < -0.3 is 8.83 Å².